The van der Waals surface area contributed by atoms with Crippen molar-refractivity contribution in [3.63, 3.8) is 0 Å². The van der Waals surface area contributed by atoms with Crippen molar-refractivity contribution in [1.29, 1.82) is 0 Å². The van der Waals surface area contributed by atoms with Gasteiger partial charge >= 0.3 is 0 Å². The molecule has 1 saturated heterocycles. The van der Waals surface area contributed by atoms with Crippen LogP contribution in [0, 0.1) is 0 Å². The summed E-state index contributed by atoms with van der Waals surface area (Å²) in [5.41, 5.74) is 5.93. The summed E-state index contributed by atoms with van der Waals surface area (Å²) in [6, 6.07) is 7.28. The molecule has 2 aromatic rings. The molecule has 2 unspecified atom stereocenters. The molecule has 1 aromatic heterocycles. The third-order valence-corrected chi connectivity index (χ3v) is 3.71. The number of rotatable bonds is 2. The van der Waals surface area contributed by atoms with Crippen LogP contribution in [-0.4, -0.2) is 41.9 Å². The zero-order valence-electron chi connectivity index (χ0n) is 11.5. The van der Waals surface area contributed by atoms with E-state index in [1.807, 2.05) is 19.1 Å². The smallest absolute Gasteiger partial charge is 0.136 e. The molecule has 0 aliphatic carbocycles. The van der Waals surface area contributed by atoms with Gasteiger partial charge in [0, 0.05) is 30.7 Å². The number of fused-ring (bicyclic) bond motifs is 1. The molecule has 106 valence electrons. The second kappa shape index (κ2) is 5.26. The Kier molecular flexibility index (Phi) is 3.46. The summed E-state index contributed by atoms with van der Waals surface area (Å²) < 4.78 is 5.68. The van der Waals surface area contributed by atoms with Gasteiger partial charge in [0.05, 0.1) is 12.7 Å². The number of nitrogens with zero attached hydrogens (tertiary/aromatic N) is 2. The monoisotopic (exact) mass is 273 g/mol. The van der Waals surface area contributed by atoms with Gasteiger partial charge < -0.3 is 20.5 Å². The Hall–Kier alpha value is -1.85. The Balaban J connectivity index is 1.99. The van der Waals surface area contributed by atoms with Crippen LogP contribution in [0.1, 0.15) is 6.92 Å². The second-order valence-corrected chi connectivity index (χ2v) is 5.25. The maximum absolute atomic E-state index is 9.70. The minimum Gasteiger partial charge on any atom is -0.508 e. The molecule has 2 heterocycles. The Morgan fingerprint density at radius 2 is 2.30 bits per heavy atom. The van der Waals surface area contributed by atoms with Crippen LogP contribution < -0.4 is 10.6 Å². The lowest BCUT2D eigenvalue weighted by Crippen LogP contribution is -2.49. The first-order valence-electron chi connectivity index (χ1n) is 6.85. The molecule has 1 fully saturated rings. The molecule has 0 radical (unpaired) electrons. The van der Waals surface area contributed by atoms with E-state index in [2.05, 4.69) is 9.88 Å². The van der Waals surface area contributed by atoms with Gasteiger partial charge in [0.2, 0.25) is 0 Å². The largest absolute Gasteiger partial charge is 0.508 e. The van der Waals surface area contributed by atoms with Crippen LogP contribution in [0.4, 0.5) is 5.82 Å². The highest BCUT2D eigenvalue weighted by atomic mass is 16.5. The van der Waals surface area contributed by atoms with Gasteiger partial charge in [-0.05, 0) is 30.5 Å². The molecular weight excluding hydrogens is 254 g/mol. The Morgan fingerprint density at radius 3 is 3.10 bits per heavy atom. The summed E-state index contributed by atoms with van der Waals surface area (Å²) in [6.07, 6.45) is 1.81. The van der Waals surface area contributed by atoms with Gasteiger partial charge in [-0.15, -0.1) is 0 Å². The quantitative estimate of drug-likeness (QED) is 0.867. The van der Waals surface area contributed by atoms with E-state index in [0.717, 1.165) is 29.7 Å². The zero-order valence-corrected chi connectivity index (χ0v) is 11.5. The average molecular weight is 273 g/mol. The van der Waals surface area contributed by atoms with Gasteiger partial charge in [0.15, 0.2) is 0 Å². The van der Waals surface area contributed by atoms with E-state index >= 15 is 0 Å². The van der Waals surface area contributed by atoms with E-state index in [9.17, 15) is 5.11 Å². The molecule has 1 aliphatic heterocycles. The summed E-state index contributed by atoms with van der Waals surface area (Å²) in [6.45, 7) is 4.10. The third-order valence-electron chi connectivity index (χ3n) is 3.71. The molecule has 0 amide bonds. The molecule has 5 heteroatoms. The number of ether oxygens (including phenoxy) is 1. The van der Waals surface area contributed by atoms with Crippen molar-refractivity contribution in [2.75, 3.05) is 24.6 Å². The highest BCUT2D eigenvalue weighted by Crippen LogP contribution is 2.28. The molecular formula is C15H19N3O2. The number of aromatic hydroxyl groups is 1. The van der Waals surface area contributed by atoms with Crippen LogP contribution in [0.25, 0.3) is 10.8 Å². The van der Waals surface area contributed by atoms with E-state index in [1.54, 1.807) is 18.3 Å². The highest BCUT2D eigenvalue weighted by molar-refractivity contribution is 5.93. The maximum Gasteiger partial charge on any atom is 0.136 e. The van der Waals surface area contributed by atoms with Crippen molar-refractivity contribution < 1.29 is 9.84 Å². The number of morpholine rings is 1. The molecule has 3 N–H and O–H groups in total. The van der Waals surface area contributed by atoms with Crippen LogP contribution in [0.15, 0.2) is 30.5 Å². The van der Waals surface area contributed by atoms with Crippen LogP contribution in [0.2, 0.25) is 0 Å². The van der Waals surface area contributed by atoms with Crippen molar-refractivity contribution in [3.8, 4) is 5.75 Å². The number of pyridine rings is 1. The van der Waals surface area contributed by atoms with Gasteiger partial charge in [-0.25, -0.2) is 4.98 Å². The van der Waals surface area contributed by atoms with Crippen LogP contribution >= 0.6 is 0 Å². The van der Waals surface area contributed by atoms with Crippen molar-refractivity contribution in [2.24, 2.45) is 5.73 Å². The number of hydrogen-bond acceptors (Lipinski definition) is 5. The number of phenols is 1. The number of anilines is 1. The minimum atomic E-state index is -0.0128. The van der Waals surface area contributed by atoms with E-state index in [4.69, 9.17) is 10.5 Å². The topological polar surface area (TPSA) is 71.6 Å². The second-order valence-electron chi connectivity index (χ2n) is 5.25. The normalized spacial score (nSPS) is 21.1. The molecule has 3 rings (SSSR count). The average Bonchev–Trinajstić information content (AvgIpc) is 2.46. The summed E-state index contributed by atoms with van der Waals surface area (Å²) in [4.78, 5) is 6.66. The highest BCUT2D eigenvalue weighted by Gasteiger charge is 2.25. The van der Waals surface area contributed by atoms with Crippen molar-refractivity contribution >= 4 is 16.6 Å². The van der Waals surface area contributed by atoms with Gasteiger partial charge in [-0.2, -0.15) is 0 Å². The maximum atomic E-state index is 9.70. The number of hydrogen-bond donors (Lipinski definition) is 2. The van der Waals surface area contributed by atoms with Gasteiger partial charge in [0.1, 0.15) is 11.6 Å². The van der Waals surface area contributed by atoms with Gasteiger partial charge in [-0.3, -0.25) is 0 Å². The summed E-state index contributed by atoms with van der Waals surface area (Å²) in [7, 11) is 0. The Bertz CT molecular complexity index is 615. The van der Waals surface area contributed by atoms with E-state index in [0.29, 0.717) is 6.61 Å². The zero-order chi connectivity index (χ0) is 14.1. The fourth-order valence-electron chi connectivity index (χ4n) is 2.58. The molecule has 0 saturated carbocycles. The minimum absolute atomic E-state index is 0.0121. The van der Waals surface area contributed by atoms with Crippen molar-refractivity contribution in [2.45, 2.75) is 19.1 Å². The first kappa shape index (κ1) is 13.1. The summed E-state index contributed by atoms with van der Waals surface area (Å²) >= 11 is 0. The number of aromatic nitrogens is 1. The Morgan fingerprint density at radius 1 is 1.45 bits per heavy atom. The molecule has 20 heavy (non-hydrogen) atoms. The van der Waals surface area contributed by atoms with E-state index in [1.165, 1.54) is 0 Å². The molecule has 0 spiro atoms. The molecule has 2 atom stereocenters. The van der Waals surface area contributed by atoms with Gasteiger partial charge in [-0.1, -0.05) is 6.07 Å². The molecule has 0 bridgehead atoms. The summed E-state index contributed by atoms with van der Waals surface area (Å²) in [5.74, 6) is 1.14. The lowest BCUT2D eigenvalue weighted by molar-refractivity contribution is 0.0274. The molecule has 5 nitrogen and oxygen atoms in total. The number of phenolic OH excluding ortho intramolecular Hbond substituents is 1. The first-order valence-corrected chi connectivity index (χ1v) is 6.85. The fourth-order valence-corrected chi connectivity index (χ4v) is 2.58. The van der Waals surface area contributed by atoms with Crippen LogP contribution in [0.3, 0.4) is 0 Å². The Labute approximate surface area is 118 Å². The van der Waals surface area contributed by atoms with Gasteiger partial charge in [0.25, 0.3) is 0 Å². The predicted octanol–water partition coefficient (Wildman–Crippen LogP) is 1.49. The summed E-state index contributed by atoms with van der Waals surface area (Å²) in [5, 5.41) is 11.7. The lowest BCUT2D eigenvalue weighted by Gasteiger charge is -2.35. The molecule has 1 aliphatic rings. The molecule has 1 aromatic carbocycles. The van der Waals surface area contributed by atoms with Crippen molar-refractivity contribution in [3.05, 3.63) is 30.5 Å². The third kappa shape index (κ3) is 2.42. The van der Waals surface area contributed by atoms with E-state index < -0.39 is 0 Å². The van der Waals surface area contributed by atoms with Crippen molar-refractivity contribution in [1.82, 2.24) is 4.98 Å². The van der Waals surface area contributed by atoms with Crippen LogP contribution in [-0.2, 0) is 4.74 Å². The fraction of sp³-hybridized carbons (Fsp3) is 0.400. The predicted molar refractivity (Wildman–Crippen MR) is 79.0 cm³/mol. The SMILES string of the molecule is CC(N)C1CN(c2nccc3ccc(O)cc23)CCO1. The lowest BCUT2D eigenvalue weighted by atomic mass is 10.1. The van der Waals surface area contributed by atoms with E-state index in [-0.39, 0.29) is 17.9 Å². The van der Waals surface area contributed by atoms with Crippen LogP contribution in [0.5, 0.6) is 5.75 Å². The number of nitrogens with two attached hydrogens (primary N) is 1. The standard InChI is InChI=1S/C15H19N3O2/c1-10(16)14-9-18(6-7-20-14)15-13-8-12(19)3-2-11(13)4-5-17-15/h2-5,8,10,14,19H,6-7,9,16H2,1H3. The number of benzene rings is 1. The first-order chi connectivity index (χ1) is 9.65.